The number of carbonyl (C=O) groups excluding carboxylic acids is 1. The van der Waals surface area contributed by atoms with Crippen LogP contribution in [0.2, 0.25) is 5.02 Å². The number of hydrogen-bond donors (Lipinski definition) is 2. The van der Waals surface area contributed by atoms with Crippen LogP contribution in [-0.4, -0.2) is 37.4 Å². The van der Waals surface area contributed by atoms with Crippen molar-refractivity contribution in [2.24, 2.45) is 5.73 Å². The smallest absolute Gasteiger partial charge is 0.408 e. The zero-order chi connectivity index (χ0) is 21.4. The first-order valence-electron chi connectivity index (χ1n) is 9.27. The van der Waals surface area contributed by atoms with E-state index in [1.54, 1.807) is 20.8 Å². The minimum absolute atomic E-state index is 0.0523. The van der Waals surface area contributed by atoms with Gasteiger partial charge in [-0.05, 0) is 50.6 Å². The van der Waals surface area contributed by atoms with E-state index in [1.165, 1.54) is 24.3 Å². The maximum atomic E-state index is 13.4. The largest absolute Gasteiger partial charge is 0.444 e. The second-order valence-corrected chi connectivity index (χ2v) is 10.7. The fraction of sp³-hybridized carbons (Fsp3) is 0.381. The minimum atomic E-state index is -3.80. The molecule has 3 rings (SSSR count). The highest BCUT2D eigenvalue weighted by molar-refractivity contribution is 7.92. The van der Waals surface area contributed by atoms with E-state index in [1.807, 2.05) is 30.3 Å². The van der Waals surface area contributed by atoms with Crippen LogP contribution in [0, 0.1) is 0 Å². The van der Waals surface area contributed by atoms with Gasteiger partial charge in [0, 0.05) is 17.5 Å². The van der Waals surface area contributed by atoms with E-state index in [0.29, 0.717) is 5.02 Å². The van der Waals surface area contributed by atoms with Gasteiger partial charge >= 0.3 is 6.09 Å². The Labute approximate surface area is 176 Å². The Bertz CT molecular complexity index is 988. The Kier molecular flexibility index (Phi) is 5.69. The highest BCUT2D eigenvalue weighted by Crippen LogP contribution is 2.56. The molecule has 3 atom stereocenters. The van der Waals surface area contributed by atoms with E-state index in [9.17, 15) is 13.2 Å². The molecule has 1 aliphatic rings. The Morgan fingerprint density at radius 2 is 1.72 bits per heavy atom. The van der Waals surface area contributed by atoms with E-state index >= 15 is 0 Å². The molecule has 2 aromatic carbocycles. The first-order valence-corrected chi connectivity index (χ1v) is 11.2. The molecule has 2 aromatic rings. The summed E-state index contributed by atoms with van der Waals surface area (Å²) in [6, 6.07) is 15.2. The number of nitrogens with one attached hydrogen (secondary N) is 1. The van der Waals surface area contributed by atoms with Crippen molar-refractivity contribution in [3.05, 3.63) is 65.2 Å². The van der Waals surface area contributed by atoms with E-state index in [0.717, 1.165) is 5.56 Å². The highest BCUT2D eigenvalue weighted by atomic mass is 35.5. The fourth-order valence-corrected chi connectivity index (χ4v) is 6.17. The monoisotopic (exact) mass is 436 g/mol. The molecular weight excluding hydrogens is 412 g/mol. The van der Waals surface area contributed by atoms with Crippen molar-refractivity contribution in [2.75, 3.05) is 6.54 Å². The molecule has 0 spiro atoms. The predicted molar refractivity (Wildman–Crippen MR) is 113 cm³/mol. The van der Waals surface area contributed by atoms with E-state index in [-0.39, 0.29) is 11.4 Å². The van der Waals surface area contributed by atoms with Gasteiger partial charge < -0.3 is 15.8 Å². The molecule has 0 radical (unpaired) electrons. The summed E-state index contributed by atoms with van der Waals surface area (Å²) in [5, 5.41) is 2.29. The second-order valence-electron chi connectivity index (χ2n) is 8.18. The maximum Gasteiger partial charge on any atom is 0.408 e. The summed E-state index contributed by atoms with van der Waals surface area (Å²) in [4.78, 5) is 12.6. The fourth-order valence-electron chi connectivity index (χ4n) is 3.70. The number of halogens is 1. The van der Waals surface area contributed by atoms with Crippen LogP contribution in [0.3, 0.4) is 0 Å². The number of nitrogens with two attached hydrogens (primary N) is 1. The molecule has 156 valence electrons. The molecule has 0 aliphatic heterocycles. The first-order chi connectivity index (χ1) is 13.5. The Morgan fingerprint density at radius 3 is 2.24 bits per heavy atom. The molecule has 1 fully saturated rings. The van der Waals surface area contributed by atoms with Gasteiger partial charge in [-0.1, -0.05) is 41.9 Å². The third kappa shape index (κ3) is 4.27. The molecule has 3 N–H and O–H groups in total. The molecule has 1 amide bonds. The molecule has 1 aliphatic carbocycles. The van der Waals surface area contributed by atoms with Crippen molar-refractivity contribution < 1.29 is 17.9 Å². The van der Waals surface area contributed by atoms with Crippen molar-refractivity contribution in [3.8, 4) is 0 Å². The zero-order valence-corrected chi connectivity index (χ0v) is 18.1. The van der Waals surface area contributed by atoms with Gasteiger partial charge in [0.05, 0.1) is 10.4 Å². The first kappa shape index (κ1) is 21.6. The lowest BCUT2D eigenvalue weighted by Gasteiger charge is -2.24. The average molecular weight is 437 g/mol. The summed E-state index contributed by atoms with van der Waals surface area (Å²) >= 11 is 5.91. The third-order valence-electron chi connectivity index (χ3n) is 4.96. The number of amides is 1. The van der Waals surface area contributed by atoms with Crippen LogP contribution in [0.25, 0.3) is 0 Å². The Morgan fingerprint density at radius 1 is 1.14 bits per heavy atom. The minimum Gasteiger partial charge on any atom is -0.444 e. The van der Waals surface area contributed by atoms with E-state index < -0.39 is 38.2 Å². The molecule has 29 heavy (non-hydrogen) atoms. The summed E-state index contributed by atoms with van der Waals surface area (Å²) in [6.45, 7) is 5.17. The summed E-state index contributed by atoms with van der Waals surface area (Å²) < 4.78 is 32.2. The van der Waals surface area contributed by atoms with Crippen molar-refractivity contribution in [1.29, 1.82) is 0 Å². The summed E-state index contributed by atoms with van der Waals surface area (Å²) in [5.41, 5.74) is 4.95. The van der Waals surface area contributed by atoms with E-state index in [4.69, 9.17) is 22.1 Å². The third-order valence-corrected chi connectivity index (χ3v) is 7.51. The van der Waals surface area contributed by atoms with Crippen molar-refractivity contribution in [2.45, 2.75) is 48.0 Å². The molecule has 1 saturated carbocycles. The summed E-state index contributed by atoms with van der Waals surface area (Å²) in [5.74, 6) is -0.498. The highest BCUT2D eigenvalue weighted by Gasteiger charge is 2.71. The quantitative estimate of drug-likeness (QED) is 0.747. The van der Waals surface area contributed by atoms with Crippen LogP contribution in [0.4, 0.5) is 4.79 Å². The predicted octanol–water partition coefficient (Wildman–Crippen LogP) is 3.50. The normalized spacial score (nSPS) is 24.0. The number of ether oxygens (including phenoxy) is 1. The standard InChI is InChI=1S/C21H25ClN2O4S/c1-20(2,3)28-19(25)24-21(13-23)17(14-7-5-4-6-8-14)18(21)29(26,27)16-11-9-15(22)10-12-16/h4-12,17-18H,13,23H2,1-3H3,(H,24,25). The number of alkyl carbamates (subject to hydrolysis) is 1. The molecule has 0 bridgehead atoms. The van der Waals surface area contributed by atoms with Crippen LogP contribution in [0.5, 0.6) is 0 Å². The molecular formula is C21H25ClN2O4S. The topological polar surface area (TPSA) is 98.5 Å². The SMILES string of the molecule is CC(C)(C)OC(=O)NC1(CN)C(c2ccccc2)C1S(=O)(=O)c1ccc(Cl)cc1. The molecule has 0 aromatic heterocycles. The van der Waals surface area contributed by atoms with Gasteiger partial charge in [-0.25, -0.2) is 13.2 Å². The molecule has 8 heteroatoms. The van der Waals surface area contributed by atoms with Gasteiger partial charge in [0.15, 0.2) is 9.84 Å². The lowest BCUT2D eigenvalue weighted by molar-refractivity contribution is 0.0497. The molecule has 0 heterocycles. The lowest BCUT2D eigenvalue weighted by Crippen LogP contribution is -2.49. The van der Waals surface area contributed by atoms with Crippen LogP contribution in [0.1, 0.15) is 32.3 Å². The van der Waals surface area contributed by atoms with Gasteiger partial charge in [-0.15, -0.1) is 0 Å². The van der Waals surface area contributed by atoms with Gasteiger partial charge in [-0.3, -0.25) is 0 Å². The molecule has 6 nitrogen and oxygen atoms in total. The van der Waals surface area contributed by atoms with E-state index in [2.05, 4.69) is 5.32 Å². The van der Waals surface area contributed by atoms with Crippen molar-refractivity contribution in [1.82, 2.24) is 5.32 Å². The van der Waals surface area contributed by atoms with Gasteiger partial charge in [0.2, 0.25) is 0 Å². The Balaban J connectivity index is 2.02. The van der Waals surface area contributed by atoms with Crippen LogP contribution >= 0.6 is 11.6 Å². The van der Waals surface area contributed by atoms with Crippen LogP contribution in [-0.2, 0) is 14.6 Å². The summed E-state index contributed by atoms with van der Waals surface area (Å²) in [7, 11) is -3.80. The zero-order valence-electron chi connectivity index (χ0n) is 16.6. The number of hydrogen-bond acceptors (Lipinski definition) is 5. The van der Waals surface area contributed by atoms with Crippen LogP contribution < -0.4 is 11.1 Å². The number of rotatable bonds is 5. The van der Waals surface area contributed by atoms with Crippen molar-refractivity contribution in [3.63, 3.8) is 0 Å². The average Bonchev–Trinajstić information content (AvgIpc) is 3.30. The van der Waals surface area contributed by atoms with Gasteiger partial charge in [-0.2, -0.15) is 0 Å². The Hall–Kier alpha value is -2.09. The van der Waals surface area contributed by atoms with Gasteiger partial charge in [0.25, 0.3) is 0 Å². The van der Waals surface area contributed by atoms with Crippen molar-refractivity contribution >= 4 is 27.5 Å². The summed E-state index contributed by atoms with van der Waals surface area (Å²) in [6.07, 6.45) is -0.697. The van der Waals surface area contributed by atoms with Crippen LogP contribution in [0.15, 0.2) is 59.5 Å². The number of sulfone groups is 1. The lowest BCUT2D eigenvalue weighted by atomic mass is 10.1. The second kappa shape index (κ2) is 7.63. The number of benzene rings is 2. The molecule has 3 unspecified atom stereocenters. The maximum absolute atomic E-state index is 13.4. The molecule has 0 saturated heterocycles. The van der Waals surface area contributed by atoms with Gasteiger partial charge in [0.1, 0.15) is 10.9 Å². The number of carbonyl (C=O) groups is 1.